The van der Waals surface area contributed by atoms with Crippen LogP contribution < -0.4 is 4.74 Å². The summed E-state index contributed by atoms with van der Waals surface area (Å²) in [5, 5.41) is 3.03. The fourth-order valence-corrected chi connectivity index (χ4v) is 4.31. The van der Waals surface area contributed by atoms with Crippen LogP contribution >= 0.6 is 11.3 Å². The Labute approximate surface area is 179 Å². The Morgan fingerprint density at radius 3 is 2.50 bits per heavy atom. The van der Waals surface area contributed by atoms with Crippen molar-refractivity contribution in [3.05, 3.63) is 70.8 Å². The van der Waals surface area contributed by atoms with Gasteiger partial charge in [-0.1, -0.05) is 18.2 Å². The quantitative estimate of drug-likeness (QED) is 0.598. The fourth-order valence-electron chi connectivity index (χ4n) is 3.47. The maximum atomic E-state index is 13.1. The molecule has 1 atom stereocenters. The third-order valence-corrected chi connectivity index (χ3v) is 5.97. The van der Waals surface area contributed by atoms with Gasteiger partial charge in [-0.3, -0.25) is 9.69 Å². The fraction of sp³-hybridized carbons (Fsp3) is 0.304. The van der Waals surface area contributed by atoms with E-state index in [1.165, 1.54) is 12.1 Å². The van der Waals surface area contributed by atoms with Gasteiger partial charge < -0.3 is 9.64 Å². The summed E-state index contributed by atoms with van der Waals surface area (Å²) in [6.07, 6.45) is -0.504. The number of amides is 1. The Hall–Kier alpha value is -2.77. The van der Waals surface area contributed by atoms with Crippen LogP contribution in [0.4, 0.5) is 4.39 Å². The van der Waals surface area contributed by atoms with E-state index in [2.05, 4.69) is 9.88 Å². The molecule has 1 saturated heterocycles. The summed E-state index contributed by atoms with van der Waals surface area (Å²) in [5.74, 6) is 0.481. The molecule has 3 aromatic rings. The average molecular weight is 426 g/mol. The Morgan fingerprint density at radius 1 is 1.10 bits per heavy atom. The molecule has 4 rings (SSSR count). The zero-order valence-corrected chi connectivity index (χ0v) is 17.6. The number of thiazole rings is 1. The topological polar surface area (TPSA) is 45.7 Å². The van der Waals surface area contributed by atoms with Gasteiger partial charge in [-0.15, -0.1) is 11.3 Å². The summed E-state index contributed by atoms with van der Waals surface area (Å²) in [5.41, 5.74) is 1.79. The highest BCUT2D eigenvalue weighted by Crippen LogP contribution is 2.23. The molecule has 0 spiro atoms. The number of benzene rings is 2. The first-order valence-corrected chi connectivity index (χ1v) is 10.9. The lowest BCUT2D eigenvalue weighted by Crippen LogP contribution is -2.51. The predicted molar refractivity (Wildman–Crippen MR) is 116 cm³/mol. The first-order chi connectivity index (χ1) is 14.6. The maximum absolute atomic E-state index is 13.1. The van der Waals surface area contributed by atoms with Crippen LogP contribution in [0.1, 0.15) is 11.9 Å². The minimum Gasteiger partial charge on any atom is -0.481 e. The number of para-hydroxylation sites is 1. The number of rotatable bonds is 6. The van der Waals surface area contributed by atoms with Crippen LogP contribution in [-0.2, 0) is 11.3 Å². The number of hydrogen-bond donors (Lipinski definition) is 0. The zero-order valence-electron chi connectivity index (χ0n) is 16.8. The number of carbonyl (C=O) groups is 1. The van der Waals surface area contributed by atoms with Crippen molar-refractivity contribution in [2.75, 3.05) is 26.2 Å². The van der Waals surface area contributed by atoms with E-state index < -0.39 is 6.10 Å². The monoisotopic (exact) mass is 425 g/mol. The molecule has 0 saturated carbocycles. The van der Waals surface area contributed by atoms with E-state index in [4.69, 9.17) is 4.74 Å². The molecule has 2 heterocycles. The largest absolute Gasteiger partial charge is 0.481 e. The first-order valence-electron chi connectivity index (χ1n) is 10.0. The van der Waals surface area contributed by atoms with Gasteiger partial charge >= 0.3 is 0 Å². The molecule has 1 aliphatic heterocycles. The second-order valence-corrected chi connectivity index (χ2v) is 8.25. The van der Waals surface area contributed by atoms with Crippen molar-refractivity contribution >= 4 is 17.2 Å². The summed E-state index contributed by atoms with van der Waals surface area (Å²) in [7, 11) is 0. The van der Waals surface area contributed by atoms with Crippen LogP contribution in [0.3, 0.4) is 0 Å². The molecule has 1 unspecified atom stereocenters. The SMILES string of the molecule is CC(Oc1ccccc1)C(=O)N1CCN(Cc2nc(-c3ccc(F)cc3)cs2)CC1. The minimum atomic E-state index is -0.504. The van der Waals surface area contributed by atoms with Crippen molar-refractivity contribution in [1.29, 1.82) is 0 Å². The van der Waals surface area contributed by atoms with Gasteiger partial charge in [-0.25, -0.2) is 9.37 Å². The Kier molecular flexibility index (Phi) is 6.40. The van der Waals surface area contributed by atoms with Gasteiger partial charge in [-0.05, 0) is 43.3 Å². The lowest BCUT2D eigenvalue weighted by atomic mass is 10.2. The van der Waals surface area contributed by atoms with Gasteiger partial charge in [0.15, 0.2) is 6.10 Å². The van der Waals surface area contributed by atoms with Crippen LogP contribution in [-0.4, -0.2) is 53.0 Å². The Morgan fingerprint density at radius 2 is 1.80 bits per heavy atom. The summed E-state index contributed by atoms with van der Waals surface area (Å²) in [6, 6.07) is 15.8. The molecule has 0 N–H and O–H groups in total. The van der Waals surface area contributed by atoms with Crippen molar-refractivity contribution in [1.82, 2.24) is 14.8 Å². The van der Waals surface area contributed by atoms with E-state index in [0.717, 1.165) is 35.9 Å². The number of hydrogen-bond acceptors (Lipinski definition) is 5. The normalized spacial score (nSPS) is 15.7. The molecule has 1 fully saturated rings. The van der Waals surface area contributed by atoms with E-state index in [-0.39, 0.29) is 11.7 Å². The average Bonchev–Trinajstić information content (AvgIpc) is 3.23. The molecule has 0 radical (unpaired) electrons. The van der Waals surface area contributed by atoms with Crippen molar-refractivity contribution < 1.29 is 13.9 Å². The molecular weight excluding hydrogens is 401 g/mol. The summed E-state index contributed by atoms with van der Waals surface area (Å²) in [4.78, 5) is 21.6. The van der Waals surface area contributed by atoms with Gasteiger partial charge in [0.2, 0.25) is 0 Å². The van der Waals surface area contributed by atoms with Crippen molar-refractivity contribution in [2.45, 2.75) is 19.6 Å². The Bertz CT molecular complexity index is 970. The summed E-state index contributed by atoms with van der Waals surface area (Å²) < 4.78 is 18.9. The molecular formula is C23H24FN3O2S. The molecule has 1 amide bonds. The number of ether oxygens (including phenoxy) is 1. The summed E-state index contributed by atoms with van der Waals surface area (Å²) in [6.45, 7) is 5.51. The van der Waals surface area contributed by atoms with Crippen LogP contribution in [0, 0.1) is 5.82 Å². The minimum absolute atomic E-state index is 0.0198. The third-order valence-electron chi connectivity index (χ3n) is 5.14. The van der Waals surface area contributed by atoms with E-state index in [1.54, 1.807) is 30.4 Å². The first kappa shape index (κ1) is 20.5. The van der Waals surface area contributed by atoms with Gasteiger partial charge in [-0.2, -0.15) is 0 Å². The van der Waals surface area contributed by atoms with Gasteiger partial charge in [0.1, 0.15) is 16.6 Å². The van der Waals surface area contributed by atoms with Gasteiger partial charge in [0.05, 0.1) is 12.2 Å². The highest BCUT2D eigenvalue weighted by Gasteiger charge is 2.26. The smallest absolute Gasteiger partial charge is 0.263 e. The molecule has 0 bridgehead atoms. The molecule has 7 heteroatoms. The lowest BCUT2D eigenvalue weighted by Gasteiger charge is -2.35. The van der Waals surface area contributed by atoms with E-state index in [9.17, 15) is 9.18 Å². The maximum Gasteiger partial charge on any atom is 0.263 e. The predicted octanol–water partition coefficient (Wildman–Crippen LogP) is 4.06. The summed E-state index contributed by atoms with van der Waals surface area (Å²) >= 11 is 1.61. The van der Waals surface area contributed by atoms with E-state index >= 15 is 0 Å². The standard InChI is InChI=1S/C23H24FN3O2S/c1-17(29-20-5-3-2-4-6-20)23(28)27-13-11-26(12-14-27)15-22-25-21(16-30-22)18-7-9-19(24)10-8-18/h2-10,16-17H,11-15H2,1H3. The number of carbonyl (C=O) groups excluding carboxylic acids is 1. The molecule has 156 valence electrons. The second-order valence-electron chi connectivity index (χ2n) is 7.31. The van der Waals surface area contributed by atoms with Crippen LogP contribution in [0.5, 0.6) is 5.75 Å². The van der Waals surface area contributed by atoms with E-state index in [1.807, 2.05) is 40.6 Å². The van der Waals surface area contributed by atoms with Gasteiger partial charge in [0.25, 0.3) is 5.91 Å². The van der Waals surface area contributed by atoms with Crippen LogP contribution in [0.2, 0.25) is 0 Å². The van der Waals surface area contributed by atoms with Gasteiger partial charge in [0, 0.05) is 37.1 Å². The van der Waals surface area contributed by atoms with Crippen molar-refractivity contribution in [3.63, 3.8) is 0 Å². The number of nitrogens with zero attached hydrogens (tertiary/aromatic N) is 3. The van der Waals surface area contributed by atoms with Crippen LogP contribution in [0.25, 0.3) is 11.3 Å². The molecule has 30 heavy (non-hydrogen) atoms. The third kappa shape index (κ3) is 5.04. The Balaban J connectivity index is 1.27. The highest BCUT2D eigenvalue weighted by molar-refractivity contribution is 7.09. The molecule has 5 nitrogen and oxygen atoms in total. The number of halogens is 1. The number of piperazine rings is 1. The zero-order chi connectivity index (χ0) is 20.9. The molecule has 0 aliphatic carbocycles. The molecule has 1 aromatic heterocycles. The molecule has 2 aromatic carbocycles. The molecule has 1 aliphatic rings. The van der Waals surface area contributed by atoms with E-state index in [0.29, 0.717) is 18.8 Å². The lowest BCUT2D eigenvalue weighted by molar-refractivity contribution is -0.139. The van der Waals surface area contributed by atoms with Crippen LogP contribution in [0.15, 0.2) is 60.0 Å². The van der Waals surface area contributed by atoms with Crippen molar-refractivity contribution in [2.24, 2.45) is 0 Å². The highest BCUT2D eigenvalue weighted by atomic mass is 32.1. The van der Waals surface area contributed by atoms with Crippen molar-refractivity contribution in [3.8, 4) is 17.0 Å². The second kappa shape index (κ2) is 9.36. The number of aromatic nitrogens is 1.